The summed E-state index contributed by atoms with van der Waals surface area (Å²) in [6.45, 7) is 3.91. The van der Waals surface area contributed by atoms with Crippen LogP contribution in [0.4, 0.5) is 11.4 Å². The van der Waals surface area contributed by atoms with Gasteiger partial charge < -0.3 is 23.7 Å². The molecule has 4 rings (SSSR count). The summed E-state index contributed by atoms with van der Waals surface area (Å²) in [5.41, 5.74) is 9.83. The van der Waals surface area contributed by atoms with Gasteiger partial charge in [-0.2, -0.15) is 10.2 Å². The molecule has 0 heterocycles. The molecule has 9 heteroatoms. The Morgan fingerprint density at radius 1 is 0.419 bits per heavy atom. The molecule has 0 aliphatic carbocycles. The van der Waals surface area contributed by atoms with Crippen molar-refractivity contribution in [3.63, 3.8) is 0 Å². The maximum Gasteiger partial charge on any atom is 0.119 e. The second kappa shape index (κ2) is 19.4. The first-order valence-electron chi connectivity index (χ1n) is 14.2. The van der Waals surface area contributed by atoms with Crippen LogP contribution >= 0.6 is 0 Å². The maximum atomic E-state index is 5.72. The van der Waals surface area contributed by atoms with Crippen LogP contribution in [-0.2, 0) is 14.2 Å². The fraction of sp³-hybridized carbons (Fsp3) is 0.235. The number of nitrogens with zero attached hydrogens (tertiary/aromatic N) is 2. The Kier molecular flexibility index (Phi) is 14.1. The SMILES string of the molecule is C(=N\Nc1ccccc1)/c1ccc(OCCOCCOCCOCCOc2ccc(/C=N/Nc3ccccc3)cc2)cc1. The van der Waals surface area contributed by atoms with Crippen LogP contribution in [0.3, 0.4) is 0 Å². The fourth-order valence-electron chi connectivity index (χ4n) is 3.67. The number of ether oxygens (including phenoxy) is 5. The van der Waals surface area contributed by atoms with Crippen LogP contribution in [0, 0.1) is 0 Å². The lowest BCUT2D eigenvalue weighted by molar-refractivity contribution is 0.00499. The van der Waals surface area contributed by atoms with Gasteiger partial charge >= 0.3 is 0 Å². The smallest absolute Gasteiger partial charge is 0.119 e. The third-order valence-corrected chi connectivity index (χ3v) is 5.86. The topological polar surface area (TPSA) is 94.9 Å². The van der Waals surface area contributed by atoms with Crippen molar-refractivity contribution in [2.45, 2.75) is 0 Å². The zero-order chi connectivity index (χ0) is 29.6. The number of hydrazone groups is 2. The zero-order valence-corrected chi connectivity index (χ0v) is 24.1. The molecule has 0 spiro atoms. The molecule has 224 valence electrons. The predicted octanol–water partition coefficient (Wildman–Crippen LogP) is 6.09. The Hall–Kier alpha value is -4.70. The second-order valence-electron chi connectivity index (χ2n) is 9.14. The molecular weight excluding hydrogens is 544 g/mol. The summed E-state index contributed by atoms with van der Waals surface area (Å²) in [4.78, 5) is 0. The molecule has 0 amide bonds. The van der Waals surface area contributed by atoms with Gasteiger partial charge in [-0.3, -0.25) is 10.9 Å². The molecule has 9 nitrogen and oxygen atoms in total. The summed E-state index contributed by atoms with van der Waals surface area (Å²) >= 11 is 0. The first-order valence-corrected chi connectivity index (χ1v) is 14.2. The van der Waals surface area contributed by atoms with Gasteiger partial charge in [-0.25, -0.2) is 0 Å². The molecule has 2 N–H and O–H groups in total. The highest BCUT2D eigenvalue weighted by atomic mass is 16.6. The number of nitrogens with one attached hydrogen (secondary N) is 2. The molecule has 0 saturated carbocycles. The Morgan fingerprint density at radius 3 is 1.14 bits per heavy atom. The molecule has 0 unspecified atom stereocenters. The molecule has 0 saturated heterocycles. The Balaban J connectivity index is 0.932. The lowest BCUT2D eigenvalue weighted by atomic mass is 10.2. The highest BCUT2D eigenvalue weighted by Crippen LogP contribution is 2.13. The van der Waals surface area contributed by atoms with Gasteiger partial charge in [0.05, 0.1) is 63.4 Å². The molecule has 0 fully saturated rings. The van der Waals surface area contributed by atoms with Gasteiger partial charge in [0.2, 0.25) is 0 Å². The van der Waals surface area contributed by atoms with Gasteiger partial charge in [-0.1, -0.05) is 36.4 Å². The van der Waals surface area contributed by atoms with Gasteiger partial charge in [0.25, 0.3) is 0 Å². The minimum Gasteiger partial charge on any atom is -0.491 e. The normalized spacial score (nSPS) is 11.2. The van der Waals surface area contributed by atoms with Gasteiger partial charge in [0.1, 0.15) is 24.7 Å². The van der Waals surface area contributed by atoms with Crippen LogP contribution in [0.15, 0.2) is 119 Å². The van der Waals surface area contributed by atoms with Gasteiger partial charge in [0.15, 0.2) is 0 Å². The first-order chi connectivity index (χ1) is 21.3. The molecule has 0 bridgehead atoms. The quantitative estimate of drug-likeness (QED) is 0.0740. The predicted molar refractivity (Wildman–Crippen MR) is 172 cm³/mol. The Bertz CT molecular complexity index is 1230. The largest absolute Gasteiger partial charge is 0.491 e. The van der Waals surface area contributed by atoms with E-state index in [1.165, 1.54) is 0 Å². The average molecular weight is 583 g/mol. The van der Waals surface area contributed by atoms with Gasteiger partial charge in [0, 0.05) is 0 Å². The van der Waals surface area contributed by atoms with E-state index in [2.05, 4.69) is 21.1 Å². The van der Waals surface area contributed by atoms with E-state index in [4.69, 9.17) is 23.7 Å². The van der Waals surface area contributed by atoms with Crippen molar-refractivity contribution in [1.82, 2.24) is 0 Å². The van der Waals surface area contributed by atoms with E-state index in [0.717, 1.165) is 34.0 Å². The molecule has 0 aliphatic heterocycles. The summed E-state index contributed by atoms with van der Waals surface area (Å²) < 4.78 is 28.1. The third kappa shape index (κ3) is 13.2. The summed E-state index contributed by atoms with van der Waals surface area (Å²) in [6.07, 6.45) is 3.53. The number of rotatable bonds is 20. The minimum atomic E-state index is 0.466. The standard InChI is InChI=1S/C34H38N4O5/c1-3-7-31(8-4-1)37-35-27-29-11-15-33(16-12-29)42-25-23-40-21-19-39-20-22-41-24-26-43-34-17-13-30(14-18-34)28-36-38-32-9-5-2-6-10-32/h1-18,27-28,37-38H,19-26H2/b35-27+,36-28+. The lowest BCUT2D eigenvalue weighted by Crippen LogP contribution is -2.14. The summed E-state index contributed by atoms with van der Waals surface area (Å²) in [6, 6.07) is 35.1. The number of hydrogen-bond acceptors (Lipinski definition) is 9. The molecule has 4 aromatic carbocycles. The van der Waals surface area contributed by atoms with Crippen molar-refractivity contribution in [2.75, 3.05) is 63.7 Å². The lowest BCUT2D eigenvalue weighted by Gasteiger charge is -2.09. The highest BCUT2D eigenvalue weighted by Gasteiger charge is 1.98. The Labute approximate surface area is 253 Å². The van der Waals surface area contributed by atoms with Crippen LogP contribution in [-0.4, -0.2) is 65.3 Å². The molecule has 0 atom stereocenters. The van der Waals surface area contributed by atoms with Crippen LogP contribution in [0.2, 0.25) is 0 Å². The van der Waals surface area contributed by atoms with Crippen LogP contribution in [0.5, 0.6) is 11.5 Å². The van der Waals surface area contributed by atoms with Crippen LogP contribution < -0.4 is 20.3 Å². The zero-order valence-electron chi connectivity index (χ0n) is 24.1. The number of hydrogen-bond donors (Lipinski definition) is 2. The minimum absolute atomic E-state index is 0.466. The van der Waals surface area contributed by atoms with Crippen molar-refractivity contribution in [2.24, 2.45) is 10.2 Å². The molecule has 43 heavy (non-hydrogen) atoms. The molecular formula is C34H38N4O5. The van der Waals surface area contributed by atoms with E-state index < -0.39 is 0 Å². The van der Waals surface area contributed by atoms with Crippen molar-refractivity contribution >= 4 is 23.8 Å². The van der Waals surface area contributed by atoms with E-state index in [-0.39, 0.29) is 0 Å². The summed E-state index contributed by atoms with van der Waals surface area (Å²) in [5.74, 6) is 1.57. The van der Waals surface area contributed by atoms with Crippen molar-refractivity contribution in [1.29, 1.82) is 0 Å². The van der Waals surface area contributed by atoms with Gasteiger partial charge in [-0.05, 0) is 83.9 Å². The molecule has 0 aromatic heterocycles. The monoisotopic (exact) mass is 582 g/mol. The van der Waals surface area contributed by atoms with E-state index >= 15 is 0 Å². The summed E-state index contributed by atoms with van der Waals surface area (Å²) in [5, 5.41) is 8.48. The van der Waals surface area contributed by atoms with E-state index in [0.29, 0.717) is 52.9 Å². The number of benzene rings is 4. The fourth-order valence-corrected chi connectivity index (χ4v) is 3.67. The van der Waals surface area contributed by atoms with E-state index in [9.17, 15) is 0 Å². The molecule has 0 aliphatic rings. The first kappa shape index (κ1) is 31.2. The van der Waals surface area contributed by atoms with Gasteiger partial charge in [-0.15, -0.1) is 0 Å². The van der Waals surface area contributed by atoms with E-state index in [1.807, 2.05) is 109 Å². The average Bonchev–Trinajstić information content (AvgIpc) is 3.05. The van der Waals surface area contributed by atoms with Crippen molar-refractivity contribution < 1.29 is 23.7 Å². The highest BCUT2D eigenvalue weighted by molar-refractivity contribution is 5.81. The number of anilines is 2. The molecule has 4 aromatic rings. The van der Waals surface area contributed by atoms with E-state index in [1.54, 1.807) is 12.4 Å². The second-order valence-corrected chi connectivity index (χ2v) is 9.14. The van der Waals surface area contributed by atoms with Crippen molar-refractivity contribution in [3.05, 3.63) is 120 Å². The summed E-state index contributed by atoms with van der Waals surface area (Å²) in [7, 11) is 0. The van der Waals surface area contributed by atoms with Crippen LogP contribution in [0.1, 0.15) is 11.1 Å². The van der Waals surface area contributed by atoms with Crippen LogP contribution in [0.25, 0.3) is 0 Å². The number of para-hydroxylation sites is 2. The maximum absolute atomic E-state index is 5.72. The Morgan fingerprint density at radius 2 is 0.767 bits per heavy atom. The molecule has 0 radical (unpaired) electrons. The third-order valence-electron chi connectivity index (χ3n) is 5.86. The van der Waals surface area contributed by atoms with Crippen molar-refractivity contribution in [3.8, 4) is 11.5 Å².